The number of carbonyl (C=O) groups is 1. The first-order valence-electron chi connectivity index (χ1n) is 8.19. The molecule has 4 aliphatic rings. The Balaban J connectivity index is 0.00000104. The van der Waals surface area contributed by atoms with E-state index in [1.54, 1.807) is 6.20 Å². The van der Waals surface area contributed by atoms with Gasteiger partial charge >= 0.3 is 0 Å². The molecule has 0 unspecified atom stereocenters. The van der Waals surface area contributed by atoms with Gasteiger partial charge in [0.1, 0.15) is 11.4 Å². The first-order valence-corrected chi connectivity index (χ1v) is 8.19. The fourth-order valence-electron chi connectivity index (χ4n) is 3.92. The molecule has 7 heteroatoms. The molecule has 0 saturated carbocycles. The van der Waals surface area contributed by atoms with Crippen molar-refractivity contribution in [3.05, 3.63) is 23.5 Å². The Morgan fingerprint density at radius 3 is 2.67 bits per heavy atom. The fraction of sp³-hybridized carbons (Fsp3) is 0.647. The number of halogens is 2. The van der Waals surface area contributed by atoms with Crippen molar-refractivity contribution in [3.63, 3.8) is 0 Å². The molecule has 1 aromatic heterocycles. The van der Waals surface area contributed by atoms with E-state index in [2.05, 4.69) is 29.0 Å². The van der Waals surface area contributed by atoms with Crippen LogP contribution < -0.4 is 10.1 Å². The molecule has 5 rings (SSSR count). The molecule has 3 saturated heterocycles. The number of hydrogen-bond acceptors (Lipinski definition) is 4. The minimum absolute atomic E-state index is 0. The third kappa shape index (κ3) is 3.35. The molecule has 0 aromatic carbocycles. The van der Waals surface area contributed by atoms with Crippen LogP contribution in [-0.4, -0.2) is 48.1 Å². The Kier molecular flexibility index (Phi) is 5.68. The molecular weight excluding hydrogens is 349 g/mol. The normalized spacial score (nSPS) is 28.8. The Labute approximate surface area is 155 Å². The van der Waals surface area contributed by atoms with E-state index in [0.29, 0.717) is 18.2 Å². The second-order valence-corrected chi connectivity index (χ2v) is 7.46. The molecule has 134 valence electrons. The number of rotatable bonds is 2. The summed E-state index contributed by atoms with van der Waals surface area (Å²) in [4.78, 5) is 19.3. The predicted molar refractivity (Wildman–Crippen MR) is 97.7 cm³/mol. The van der Waals surface area contributed by atoms with Gasteiger partial charge in [-0.3, -0.25) is 4.79 Å². The first kappa shape index (κ1) is 19.3. The molecule has 24 heavy (non-hydrogen) atoms. The molecule has 1 atom stereocenters. The van der Waals surface area contributed by atoms with E-state index < -0.39 is 0 Å². The Morgan fingerprint density at radius 2 is 2.04 bits per heavy atom. The number of nitrogens with zero attached hydrogens (tertiary/aromatic N) is 2. The predicted octanol–water partition coefficient (Wildman–Crippen LogP) is 2.42. The van der Waals surface area contributed by atoms with Gasteiger partial charge in [0.2, 0.25) is 0 Å². The van der Waals surface area contributed by atoms with Gasteiger partial charge in [-0.05, 0) is 37.9 Å². The number of fused-ring (bicyclic) bond motifs is 4. The van der Waals surface area contributed by atoms with Crippen molar-refractivity contribution >= 4 is 30.7 Å². The highest BCUT2D eigenvalue weighted by molar-refractivity contribution is 5.93. The van der Waals surface area contributed by atoms with E-state index in [0.717, 1.165) is 17.9 Å². The van der Waals surface area contributed by atoms with Gasteiger partial charge in [0.05, 0.1) is 12.8 Å². The third-order valence-corrected chi connectivity index (χ3v) is 5.39. The molecule has 2 bridgehead atoms. The summed E-state index contributed by atoms with van der Waals surface area (Å²) in [7, 11) is 0. The molecule has 5 heterocycles. The van der Waals surface area contributed by atoms with Crippen LogP contribution in [0.4, 0.5) is 0 Å². The van der Waals surface area contributed by atoms with E-state index in [1.165, 1.54) is 25.9 Å². The second-order valence-electron chi connectivity index (χ2n) is 7.46. The van der Waals surface area contributed by atoms with E-state index in [-0.39, 0.29) is 42.2 Å². The van der Waals surface area contributed by atoms with Gasteiger partial charge in [-0.2, -0.15) is 0 Å². The fourth-order valence-corrected chi connectivity index (χ4v) is 3.92. The first-order chi connectivity index (χ1) is 10.5. The lowest BCUT2D eigenvalue weighted by molar-refractivity contribution is 0.0617. The summed E-state index contributed by atoms with van der Waals surface area (Å²) >= 11 is 0. The summed E-state index contributed by atoms with van der Waals surface area (Å²) in [6.07, 6.45) is 4.09. The number of hydrogen-bond donors (Lipinski definition) is 1. The maximum atomic E-state index is 12.6. The molecular formula is C17H25Cl2N3O2. The Hall–Kier alpha value is -1.04. The smallest absolute Gasteiger partial charge is 0.270 e. The van der Waals surface area contributed by atoms with E-state index >= 15 is 0 Å². The number of piperidine rings is 3. The van der Waals surface area contributed by atoms with E-state index in [1.807, 2.05) is 6.07 Å². The van der Waals surface area contributed by atoms with Crippen molar-refractivity contribution in [3.8, 4) is 5.75 Å². The molecule has 0 spiro atoms. The lowest BCUT2D eigenvalue weighted by atomic mass is 9.84. The quantitative estimate of drug-likeness (QED) is 0.864. The average Bonchev–Trinajstić information content (AvgIpc) is 2.83. The topological polar surface area (TPSA) is 54.5 Å². The summed E-state index contributed by atoms with van der Waals surface area (Å²) in [5, 5.41) is 3.20. The van der Waals surface area contributed by atoms with Gasteiger partial charge in [-0.25, -0.2) is 4.98 Å². The Bertz CT molecular complexity index is 616. The maximum absolute atomic E-state index is 12.6. The lowest BCUT2D eigenvalue weighted by Crippen LogP contribution is -2.57. The minimum atomic E-state index is -0.0527. The van der Waals surface area contributed by atoms with Crippen molar-refractivity contribution in [2.45, 2.75) is 38.1 Å². The largest absolute Gasteiger partial charge is 0.491 e. The van der Waals surface area contributed by atoms with Crippen LogP contribution in [0.25, 0.3) is 0 Å². The van der Waals surface area contributed by atoms with Crippen molar-refractivity contribution in [1.29, 1.82) is 0 Å². The van der Waals surface area contributed by atoms with E-state index in [9.17, 15) is 4.79 Å². The molecule has 5 nitrogen and oxygen atoms in total. The van der Waals surface area contributed by atoms with Crippen LogP contribution in [0.5, 0.6) is 5.75 Å². The monoisotopic (exact) mass is 373 g/mol. The molecule has 1 N–H and O–H groups in total. The summed E-state index contributed by atoms with van der Waals surface area (Å²) in [5.41, 5.74) is 1.54. The number of pyridine rings is 1. The standard InChI is InChI=1S/C17H23N3O2.2ClH/c1-17(2)10-22-15-8-18-13(7-12(15)17)16(21)19-14-9-20-5-3-11(14)4-6-20;;/h7-8,11,14H,3-6,9-10H2,1-2H3,(H,19,21);2*1H/t14-;;/m0../s1. The highest BCUT2D eigenvalue weighted by Crippen LogP contribution is 2.38. The highest BCUT2D eigenvalue weighted by atomic mass is 35.5. The van der Waals surface area contributed by atoms with Gasteiger partial charge < -0.3 is 15.0 Å². The summed E-state index contributed by atoms with van der Waals surface area (Å²) in [6, 6.07) is 2.17. The average molecular weight is 374 g/mol. The number of amides is 1. The molecule has 1 amide bonds. The summed E-state index contributed by atoms with van der Waals surface area (Å²) in [5.74, 6) is 1.39. The minimum Gasteiger partial charge on any atom is -0.491 e. The highest BCUT2D eigenvalue weighted by Gasteiger charge is 2.36. The van der Waals surface area contributed by atoms with Gasteiger partial charge in [-0.1, -0.05) is 13.8 Å². The van der Waals surface area contributed by atoms with Crippen molar-refractivity contribution < 1.29 is 9.53 Å². The third-order valence-electron chi connectivity index (χ3n) is 5.39. The van der Waals surface area contributed by atoms with Crippen LogP contribution in [0.3, 0.4) is 0 Å². The number of aromatic nitrogens is 1. The van der Waals surface area contributed by atoms with Crippen LogP contribution >= 0.6 is 24.8 Å². The van der Waals surface area contributed by atoms with Crippen molar-refractivity contribution in [2.24, 2.45) is 5.92 Å². The molecule has 4 aliphatic heterocycles. The zero-order valence-electron chi connectivity index (χ0n) is 14.1. The zero-order valence-corrected chi connectivity index (χ0v) is 15.7. The van der Waals surface area contributed by atoms with Crippen LogP contribution in [-0.2, 0) is 5.41 Å². The van der Waals surface area contributed by atoms with Crippen LogP contribution in [0.2, 0.25) is 0 Å². The molecule has 0 radical (unpaired) electrons. The number of nitrogens with one attached hydrogen (secondary N) is 1. The van der Waals surface area contributed by atoms with E-state index in [4.69, 9.17) is 4.74 Å². The Morgan fingerprint density at radius 1 is 1.33 bits per heavy atom. The zero-order chi connectivity index (χ0) is 15.3. The summed E-state index contributed by atoms with van der Waals surface area (Å²) < 4.78 is 5.64. The number of ether oxygens (including phenoxy) is 1. The molecule has 0 aliphatic carbocycles. The van der Waals surface area contributed by atoms with Gasteiger partial charge in [-0.15, -0.1) is 24.8 Å². The van der Waals surface area contributed by atoms with Crippen molar-refractivity contribution in [1.82, 2.24) is 15.2 Å². The van der Waals surface area contributed by atoms with Crippen LogP contribution in [0.1, 0.15) is 42.7 Å². The lowest BCUT2D eigenvalue weighted by Gasteiger charge is -2.44. The van der Waals surface area contributed by atoms with Crippen LogP contribution in [0.15, 0.2) is 12.3 Å². The SMILES string of the molecule is CC1(C)COc2cnc(C(=O)N[C@H]3CN4CCC3CC4)cc21.Cl.Cl. The second kappa shape index (κ2) is 7.06. The molecule has 3 fully saturated rings. The number of carbonyl (C=O) groups excluding carboxylic acids is 1. The molecule has 1 aromatic rings. The maximum Gasteiger partial charge on any atom is 0.270 e. The van der Waals surface area contributed by atoms with Gasteiger partial charge in [0, 0.05) is 23.6 Å². The summed E-state index contributed by atoms with van der Waals surface area (Å²) in [6.45, 7) is 8.26. The van der Waals surface area contributed by atoms with Gasteiger partial charge in [0.25, 0.3) is 5.91 Å². The van der Waals surface area contributed by atoms with Gasteiger partial charge in [0.15, 0.2) is 0 Å². The van der Waals surface area contributed by atoms with Crippen LogP contribution in [0, 0.1) is 5.92 Å². The van der Waals surface area contributed by atoms with Crippen molar-refractivity contribution in [2.75, 3.05) is 26.2 Å².